The largest absolute Gasteiger partial charge is 0.208 e. The fraction of sp³-hybridized carbons (Fsp3) is 0. The molecule has 286 valence electrons. The van der Waals surface area contributed by atoms with Gasteiger partial charge < -0.3 is 0 Å². The number of nitrogens with zero attached hydrogens (tertiary/aromatic N) is 4. The van der Waals surface area contributed by atoms with Gasteiger partial charge in [0.05, 0.1) is 11.6 Å². The fourth-order valence-electron chi connectivity index (χ4n) is 9.40. The molecule has 11 aromatic rings. The molecule has 1 aliphatic carbocycles. The van der Waals surface area contributed by atoms with Crippen molar-refractivity contribution >= 4 is 32.3 Å². The summed E-state index contributed by atoms with van der Waals surface area (Å²) in [5.41, 5.74) is 15.3. The van der Waals surface area contributed by atoms with E-state index in [1.165, 1.54) is 55.1 Å². The van der Waals surface area contributed by atoms with Gasteiger partial charge in [-0.2, -0.15) is 5.26 Å². The van der Waals surface area contributed by atoms with Crippen LogP contribution < -0.4 is 0 Å². The van der Waals surface area contributed by atoms with Crippen molar-refractivity contribution in [2.75, 3.05) is 0 Å². The molecule has 4 nitrogen and oxygen atoms in total. The molecule has 0 amide bonds. The number of aromatic nitrogens is 3. The summed E-state index contributed by atoms with van der Waals surface area (Å²) in [5.74, 6) is 1.90. The molecule has 0 saturated heterocycles. The Morgan fingerprint density at radius 3 is 1.42 bits per heavy atom. The molecule has 0 spiro atoms. The van der Waals surface area contributed by atoms with Crippen LogP contribution in [0.5, 0.6) is 0 Å². The zero-order chi connectivity index (χ0) is 41.1. The molecular formula is C58H34N4. The normalized spacial score (nSPS) is 11.5. The number of fused-ring (bicyclic) bond motifs is 5. The van der Waals surface area contributed by atoms with Gasteiger partial charge in [0.25, 0.3) is 0 Å². The minimum atomic E-state index is 0.624. The maximum atomic E-state index is 9.73. The Balaban J connectivity index is 1.04. The third-order valence-electron chi connectivity index (χ3n) is 12.3. The van der Waals surface area contributed by atoms with Gasteiger partial charge in [0.2, 0.25) is 0 Å². The molecule has 0 saturated carbocycles. The molecule has 0 atom stereocenters. The molecule has 12 rings (SSSR count). The van der Waals surface area contributed by atoms with Crippen molar-refractivity contribution in [3.8, 4) is 95.9 Å². The summed E-state index contributed by atoms with van der Waals surface area (Å²) >= 11 is 0. The van der Waals surface area contributed by atoms with E-state index in [2.05, 4.69) is 133 Å². The van der Waals surface area contributed by atoms with Gasteiger partial charge in [0, 0.05) is 16.7 Å². The van der Waals surface area contributed by atoms with Crippen LogP contribution in [0.2, 0.25) is 0 Å². The summed E-state index contributed by atoms with van der Waals surface area (Å²) in [6, 6.07) is 74.9. The molecule has 1 heterocycles. The lowest BCUT2D eigenvalue weighted by atomic mass is 9.85. The van der Waals surface area contributed by atoms with Gasteiger partial charge in [-0.15, -0.1) is 0 Å². The van der Waals surface area contributed by atoms with Gasteiger partial charge in [-0.3, -0.25) is 0 Å². The molecule has 0 aliphatic heterocycles. The maximum absolute atomic E-state index is 9.73. The summed E-state index contributed by atoms with van der Waals surface area (Å²) in [4.78, 5) is 15.0. The highest BCUT2D eigenvalue weighted by Crippen LogP contribution is 2.53. The van der Waals surface area contributed by atoms with Crippen molar-refractivity contribution in [1.82, 2.24) is 15.0 Å². The van der Waals surface area contributed by atoms with Crippen LogP contribution in [0.1, 0.15) is 5.56 Å². The van der Waals surface area contributed by atoms with Crippen LogP contribution in [0.15, 0.2) is 206 Å². The first kappa shape index (κ1) is 35.4. The van der Waals surface area contributed by atoms with Crippen LogP contribution in [-0.2, 0) is 0 Å². The Hall–Kier alpha value is -8.52. The second kappa shape index (κ2) is 14.3. The predicted molar refractivity (Wildman–Crippen MR) is 254 cm³/mol. The number of rotatable bonds is 6. The second-order valence-electron chi connectivity index (χ2n) is 15.8. The van der Waals surface area contributed by atoms with E-state index in [-0.39, 0.29) is 0 Å². The monoisotopic (exact) mass is 786 g/mol. The number of benzene rings is 10. The predicted octanol–water partition coefficient (Wildman–Crippen LogP) is 14.9. The van der Waals surface area contributed by atoms with Gasteiger partial charge >= 0.3 is 0 Å². The van der Waals surface area contributed by atoms with Crippen molar-refractivity contribution in [3.63, 3.8) is 0 Å². The lowest BCUT2D eigenvalue weighted by Gasteiger charge is -2.18. The number of nitriles is 1. The molecule has 0 fully saturated rings. The molecule has 1 aromatic heterocycles. The molecule has 0 radical (unpaired) electrons. The van der Waals surface area contributed by atoms with Gasteiger partial charge in [0.15, 0.2) is 17.5 Å². The first-order valence-electron chi connectivity index (χ1n) is 20.8. The Morgan fingerprint density at radius 1 is 0.290 bits per heavy atom. The lowest BCUT2D eigenvalue weighted by Crippen LogP contribution is -2.00. The van der Waals surface area contributed by atoms with Crippen LogP contribution in [0.3, 0.4) is 0 Å². The molecular weight excluding hydrogens is 753 g/mol. The van der Waals surface area contributed by atoms with Crippen LogP contribution >= 0.6 is 0 Å². The van der Waals surface area contributed by atoms with Crippen molar-refractivity contribution in [3.05, 3.63) is 212 Å². The Morgan fingerprint density at radius 2 is 0.758 bits per heavy atom. The van der Waals surface area contributed by atoms with Crippen LogP contribution in [-0.4, -0.2) is 15.0 Å². The molecule has 62 heavy (non-hydrogen) atoms. The van der Waals surface area contributed by atoms with Gasteiger partial charge in [-0.25, -0.2) is 15.0 Å². The van der Waals surface area contributed by atoms with E-state index < -0.39 is 0 Å². The fourth-order valence-corrected chi connectivity index (χ4v) is 9.40. The van der Waals surface area contributed by atoms with E-state index in [1.54, 1.807) is 0 Å². The summed E-state index contributed by atoms with van der Waals surface area (Å²) in [5, 5.41) is 16.7. The summed E-state index contributed by atoms with van der Waals surface area (Å²) in [6.45, 7) is 0. The third-order valence-corrected chi connectivity index (χ3v) is 12.3. The molecule has 1 aliphatic rings. The summed E-state index contributed by atoms with van der Waals surface area (Å²) < 4.78 is 0. The lowest BCUT2D eigenvalue weighted by molar-refractivity contribution is 1.07. The number of hydrogen-bond acceptors (Lipinski definition) is 4. The van der Waals surface area contributed by atoms with Crippen molar-refractivity contribution < 1.29 is 0 Å². The average Bonchev–Trinajstić information content (AvgIpc) is 3.68. The highest BCUT2D eigenvalue weighted by Gasteiger charge is 2.26. The maximum Gasteiger partial charge on any atom is 0.164 e. The van der Waals surface area contributed by atoms with Crippen molar-refractivity contribution in [2.24, 2.45) is 0 Å². The van der Waals surface area contributed by atoms with Gasteiger partial charge in [0.1, 0.15) is 0 Å². The molecule has 0 bridgehead atoms. The zero-order valence-corrected chi connectivity index (χ0v) is 33.4. The smallest absolute Gasteiger partial charge is 0.164 e. The third kappa shape index (κ3) is 5.79. The van der Waals surface area contributed by atoms with E-state index in [1.807, 2.05) is 78.9 Å². The SMILES string of the molecule is N#Cc1ccc2ccc(-c3ccc4c5c(ccc(-c6ccc(-c7cccc(-c8nc(-c9ccccc9)nc(-c9ccccc9)n8)c7)c7ccccc67)c35)-c3ccccc3-4)cc2c1. The van der Waals surface area contributed by atoms with Gasteiger partial charge in [-0.1, -0.05) is 182 Å². The first-order valence-corrected chi connectivity index (χ1v) is 20.8. The summed E-state index contributed by atoms with van der Waals surface area (Å²) in [7, 11) is 0. The quantitative estimate of drug-likeness (QED) is 0.168. The van der Waals surface area contributed by atoms with E-state index in [4.69, 9.17) is 15.0 Å². The highest BCUT2D eigenvalue weighted by atomic mass is 15.0. The van der Waals surface area contributed by atoms with E-state index in [0.717, 1.165) is 49.5 Å². The van der Waals surface area contributed by atoms with E-state index >= 15 is 0 Å². The average molecular weight is 787 g/mol. The van der Waals surface area contributed by atoms with Crippen LogP contribution in [0, 0.1) is 11.3 Å². The molecule has 10 aromatic carbocycles. The summed E-state index contributed by atoms with van der Waals surface area (Å²) in [6.07, 6.45) is 0. The molecule has 0 N–H and O–H groups in total. The Labute approximate surface area is 358 Å². The van der Waals surface area contributed by atoms with Gasteiger partial charge in [-0.05, 0) is 112 Å². The highest BCUT2D eigenvalue weighted by molar-refractivity contribution is 6.24. The minimum Gasteiger partial charge on any atom is -0.208 e. The molecule has 4 heteroatoms. The van der Waals surface area contributed by atoms with E-state index in [9.17, 15) is 5.26 Å². The topological polar surface area (TPSA) is 62.5 Å². The van der Waals surface area contributed by atoms with Crippen LogP contribution in [0.25, 0.3) is 122 Å². The van der Waals surface area contributed by atoms with E-state index in [0.29, 0.717) is 23.0 Å². The molecule has 0 unspecified atom stereocenters. The number of hydrogen-bond donors (Lipinski definition) is 0. The van der Waals surface area contributed by atoms with Crippen molar-refractivity contribution in [1.29, 1.82) is 5.26 Å². The Bertz CT molecular complexity index is 3550. The van der Waals surface area contributed by atoms with Crippen LogP contribution in [0.4, 0.5) is 0 Å². The van der Waals surface area contributed by atoms with Crippen molar-refractivity contribution in [2.45, 2.75) is 0 Å². The minimum absolute atomic E-state index is 0.624. The Kier molecular flexibility index (Phi) is 8.19. The second-order valence-corrected chi connectivity index (χ2v) is 15.8. The standard InChI is InChI=1S/C58H34N4/c59-35-36-22-23-37-24-25-41(34-43(37)32-36)45-27-29-51-48-20-9-10-21-49(48)52-30-31-53(54(45)55(51)52)50-28-26-44(46-18-7-8-19-47(46)50)40-16-11-17-42(33-40)58-61-56(38-12-3-1-4-13-38)60-57(62-58)39-14-5-2-6-15-39/h1-34H. The first-order chi connectivity index (χ1) is 30.7. The zero-order valence-electron chi connectivity index (χ0n) is 33.4.